The summed E-state index contributed by atoms with van der Waals surface area (Å²) >= 11 is 5.81. The lowest BCUT2D eigenvalue weighted by Gasteiger charge is -2.08. The molecule has 0 unspecified atom stereocenters. The molecule has 0 aliphatic rings. The van der Waals surface area contributed by atoms with E-state index in [0.717, 1.165) is 5.56 Å². The number of esters is 2. The highest BCUT2D eigenvalue weighted by Crippen LogP contribution is 2.20. The minimum atomic E-state index is -0.717. The number of hydrogen-bond acceptors (Lipinski definition) is 5. The topological polar surface area (TPSA) is 97.5 Å². The highest BCUT2D eigenvalue weighted by atomic mass is 35.5. The molecule has 0 saturated heterocycles. The molecule has 1 heterocycles. The number of carbonyl (C=O) groups is 3. The van der Waals surface area contributed by atoms with Crippen LogP contribution < -0.4 is 5.32 Å². The fourth-order valence-electron chi connectivity index (χ4n) is 2.59. The van der Waals surface area contributed by atoms with E-state index >= 15 is 0 Å². The van der Waals surface area contributed by atoms with Gasteiger partial charge in [-0.25, -0.2) is 9.59 Å². The summed E-state index contributed by atoms with van der Waals surface area (Å²) in [6.45, 7) is 6.63. The molecule has 150 valence electrons. The van der Waals surface area contributed by atoms with Gasteiger partial charge >= 0.3 is 11.9 Å². The molecule has 0 aliphatic carbocycles. The molecule has 2 rings (SSSR count). The van der Waals surface area contributed by atoms with Crippen LogP contribution in [-0.2, 0) is 20.8 Å². The van der Waals surface area contributed by atoms with Gasteiger partial charge in [0.25, 0.3) is 5.91 Å². The van der Waals surface area contributed by atoms with Crippen LogP contribution in [0.25, 0.3) is 0 Å². The summed E-state index contributed by atoms with van der Waals surface area (Å²) in [5, 5.41) is 3.26. The molecular weight excluding hydrogens is 384 g/mol. The predicted molar refractivity (Wildman–Crippen MR) is 104 cm³/mol. The van der Waals surface area contributed by atoms with Crippen molar-refractivity contribution >= 4 is 29.4 Å². The van der Waals surface area contributed by atoms with E-state index in [1.807, 2.05) is 0 Å². The highest BCUT2D eigenvalue weighted by molar-refractivity contribution is 6.30. The first-order valence-corrected chi connectivity index (χ1v) is 9.15. The Morgan fingerprint density at radius 3 is 2.36 bits per heavy atom. The number of ether oxygens (including phenoxy) is 2. The van der Waals surface area contributed by atoms with Gasteiger partial charge in [0.05, 0.1) is 11.7 Å². The van der Waals surface area contributed by atoms with E-state index in [0.29, 0.717) is 28.4 Å². The van der Waals surface area contributed by atoms with Crippen LogP contribution in [0.5, 0.6) is 0 Å². The predicted octanol–water partition coefficient (Wildman–Crippen LogP) is 3.32. The molecule has 0 spiro atoms. The van der Waals surface area contributed by atoms with Crippen LogP contribution in [0, 0.1) is 13.8 Å². The van der Waals surface area contributed by atoms with Crippen LogP contribution in [-0.4, -0.2) is 35.5 Å². The molecule has 0 aliphatic heterocycles. The molecule has 7 nitrogen and oxygen atoms in total. The molecule has 0 atom stereocenters. The van der Waals surface area contributed by atoms with Crippen molar-refractivity contribution in [1.29, 1.82) is 0 Å². The van der Waals surface area contributed by atoms with Gasteiger partial charge in [-0.15, -0.1) is 0 Å². The van der Waals surface area contributed by atoms with Crippen LogP contribution in [0.1, 0.15) is 51.5 Å². The van der Waals surface area contributed by atoms with E-state index in [4.69, 9.17) is 21.1 Å². The second kappa shape index (κ2) is 9.41. The Morgan fingerprint density at radius 1 is 1.11 bits per heavy atom. The smallest absolute Gasteiger partial charge is 0.355 e. The Hall–Kier alpha value is -2.80. The summed E-state index contributed by atoms with van der Waals surface area (Å²) in [5.41, 5.74) is 2.22. The van der Waals surface area contributed by atoms with E-state index in [9.17, 15) is 14.4 Å². The molecule has 0 bridgehead atoms. The van der Waals surface area contributed by atoms with Crippen LogP contribution in [0.15, 0.2) is 24.3 Å². The Bertz CT molecular complexity index is 871. The van der Waals surface area contributed by atoms with Crippen molar-refractivity contribution in [2.24, 2.45) is 0 Å². The first-order chi connectivity index (χ1) is 13.2. The van der Waals surface area contributed by atoms with Crippen LogP contribution in [0.2, 0.25) is 5.02 Å². The van der Waals surface area contributed by atoms with Gasteiger partial charge in [-0.3, -0.25) is 4.79 Å². The molecule has 2 aromatic rings. The number of carbonyl (C=O) groups excluding carboxylic acids is 3. The van der Waals surface area contributed by atoms with Crippen molar-refractivity contribution in [3.63, 3.8) is 0 Å². The summed E-state index contributed by atoms with van der Waals surface area (Å²) < 4.78 is 10.2. The number of amides is 1. The third kappa shape index (κ3) is 5.60. The third-order valence-corrected chi connectivity index (χ3v) is 4.18. The molecule has 2 N–H and O–H groups in total. The van der Waals surface area contributed by atoms with Crippen LogP contribution in [0.3, 0.4) is 0 Å². The lowest BCUT2D eigenvalue weighted by Crippen LogP contribution is -2.28. The summed E-state index contributed by atoms with van der Waals surface area (Å²) in [6, 6.07) is 7.03. The normalized spacial score (nSPS) is 10.6. The van der Waals surface area contributed by atoms with E-state index in [2.05, 4.69) is 10.3 Å². The van der Waals surface area contributed by atoms with Gasteiger partial charge in [0.1, 0.15) is 5.69 Å². The number of aromatic nitrogens is 1. The van der Waals surface area contributed by atoms with Gasteiger partial charge < -0.3 is 19.8 Å². The second-order valence-corrected chi connectivity index (χ2v) is 6.99. The lowest BCUT2D eigenvalue weighted by atomic mass is 10.1. The fourth-order valence-corrected chi connectivity index (χ4v) is 2.72. The number of aromatic amines is 1. The Labute approximate surface area is 168 Å². The average Bonchev–Trinajstić information content (AvgIpc) is 2.93. The van der Waals surface area contributed by atoms with Crippen molar-refractivity contribution in [3.8, 4) is 0 Å². The number of benzene rings is 1. The van der Waals surface area contributed by atoms with Gasteiger partial charge in [-0.1, -0.05) is 23.7 Å². The molecule has 1 aromatic heterocycles. The van der Waals surface area contributed by atoms with Crippen molar-refractivity contribution < 1.29 is 23.9 Å². The van der Waals surface area contributed by atoms with E-state index < -0.39 is 24.5 Å². The Morgan fingerprint density at radius 2 is 1.75 bits per heavy atom. The van der Waals surface area contributed by atoms with E-state index in [1.165, 1.54) is 0 Å². The molecule has 0 saturated carbocycles. The number of hydrogen-bond donors (Lipinski definition) is 2. The summed E-state index contributed by atoms with van der Waals surface area (Å²) in [5.74, 6) is -1.67. The number of aryl methyl sites for hydroxylation is 1. The second-order valence-electron chi connectivity index (χ2n) is 6.56. The molecule has 0 radical (unpaired) electrons. The molecule has 28 heavy (non-hydrogen) atoms. The monoisotopic (exact) mass is 406 g/mol. The summed E-state index contributed by atoms with van der Waals surface area (Å²) in [4.78, 5) is 39.2. The summed E-state index contributed by atoms with van der Waals surface area (Å²) in [6.07, 6.45) is -0.277. The largest absolute Gasteiger partial charge is 0.459 e. The fraction of sp³-hybridized carbons (Fsp3) is 0.350. The maximum absolute atomic E-state index is 12.3. The number of rotatable bonds is 7. The van der Waals surface area contributed by atoms with Crippen molar-refractivity contribution in [2.45, 2.75) is 40.3 Å². The van der Waals surface area contributed by atoms with Crippen LogP contribution >= 0.6 is 11.6 Å². The number of nitrogens with one attached hydrogen (secondary N) is 2. The number of halogens is 1. The van der Waals surface area contributed by atoms with Gasteiger partial charge in [-0.2, -0.15) is 0 Å². The van der Waals surface area contributed by atoms with Gasteiger partial charge in [0.2, 0.25) is 0 Å². The van der Waals surface area contributed by atoms with Gasteiger partial charge in [0, 0.05) is 17.3 Å². The molecule has 1 aromatic carbocycles. The molecule has 0 fully saturated rings. The first-order valence-electron chi connectivity index (χ1n) is 8.77. The lowest BCUT2D eigenvalue weighted by molar-refractivity contribution is -0.124. The maximum Gasteiger partial charge on any atom is 0.355 e. The quantitative estimate of drug-likeness (QED) is 0.687. The highest BCUT2D eigenvalue weighted by Gasteiger charge is 2.24. The SMILES string of the molecule is Cc1[nH]c(C(=O)OCC(=O)NCc2ccc(Cl)cc2)c(C)c1C(=O)OC(C)C. The van der Waals surface area contributed by atoms with Gasteiger partial charge in [-0.05, 0) is 51.0 Å². The third-order valence-electron chi connectivity index (χ3n) is 3.93. The minimum Gasteiger partial charge on any atom is -0.459 e. The van der Waals surface area contributed by atoms with Crippen molar-refractivity contribution in [3.05, 3.63) is 57.4 Å². The zero-order valence-electron chi connectivity index (χ0n) is 16.2. The van der Waals surface area contributed by atoms with E-state index in [1.54, 1.807) is 52.0 Å². The Kier molecular flexibility index (Phi) is 7.23. The van der Waals surface area contributed by atoms with Gasteiger partial charge in [0.15, 0.2) is 6.61 Å². The Balaban J connectivity index is 1.93. The van der Waals surface area contributed by atoms with E-state index in [-0.39, 0.29) is 11.8 Å². The standard InChI is InChI=1S/C20H23ClN2O5/c1-11(2)28-19(25)17-12(3)18(23-13(17)4)20(26)27-10-16(24)22-9-14-5-7-15(21)8-6-14/h5-8,11,23H,9-10H2,1-4H3,(H,22,24). The average molecular weight is 407 g/mol. The molecule has 1 amide bonds. The molecule has 8 heteroatoms. The van der Waals surface area contributed by atoms with Crippen molar-refractivity contribution in [2.75, 3.05) is 6.61 Å². The first kappa shape index (κ1) is 21.5. The summed E-state index contributed by atoms with van der Waals surface area (Å²) in [7, 11) is 0. The zero-order chi connectivity index (χ0) is 20.8. The molecular formula is C20H23ClN2O5. The van der Waals surface area contributed by atoms with Crippen LogP contribution in [0.4, 0.5) is 0 Å². The zero-order valence-corrected chi connectivity index (χ0v) is 17.0. The maximum atomic E-state index is 12.3. The van der Waals surface area contributed by atoms with Crippen molar-refractivity contribution in [1.82, 2.24) is 10.3 Å². The minimum absolute atomic E-state index is 0.124. The number of H-pyrrole nitrogens is 1.